The zero-order valence-electron chi connectivity index (χ0n) is 2.62. The lowest BCUT2D eigenvalue weighted by atomic mass is 10.9. The number of halogens is 3. The molecule has 1 fully saturated rings. The largest absolute Gasteiger partial charge is 0.318 e. The molecular weight excluding hydrogens is 146 g/mol. The first-order valence-electron chi connectivity index (χ1n) is 1.32. The predicted octanol–water partition coefficient (Wildman–Crippen LogP) is 1.71. The van der Waals surface area contributed by atoms with Crippen LogP contribution >= 0.6 is 34.8 Å². The van der Waals surface area contributed by atoms with E-state index in [4.69, 9.17) is 34.8 Å². The third-order valence-corrected chi connectivity index (χ3v) is 1.66. The summed E-state index contributed by atoms with van der Waals surface area (Å²) in [6.45, 7) is 0. The highest BCUT2D eigenvalue weighted by Gasteiger charge is 2.53. The predicted molar refractivity (Wildman–Crippen MR) is 25.2 cm³/mol. The number of rotatable bonds is 0. The van der Waals surface area contributed by atoms with Gasteiger partial charge >= 0.3 is 0 Å². The van der Waals surface area contributed by atoms with Crippen molar-refractivity contribution in [3.05, 3.63) is 0 Å². The van der Waals surface area contributed by atoms with Crippen molar-refractivity contribution in [3.63, 3.8) is 0 Å². The van der Waals surface area contributed by atoms with Gasteiger partial charge in [-0.15, -0.1) is 0 Å². The summed E-state index contributed by atoms with van der Waals surface area (Å²) in [6, 6.07) is 0. The summed E-state index contributed by atoms with van der Waals surface area (Å²) in [7, 11) is 0. The van der Waals surface area contributed by atoms with Gasteiger partial charge in [-0.2, -0.15) is 0 Å². The average Bonchev–Trinajstić information content (AvgIpc) is 1.73. The minimum atomic E-state index is -1.08. The Labute approximate surface area is 50.1 Å². The molecule has 0 spiro atoms. The van der Waals surface area contributed by atoms with Crippen molar-refractivity contribution in [1.82, 2.24) is 0 Å². The van der Waals surface area contributed by atoms with Gasteiger partial charge in [0.2, 0.25) is 0 Å². The zero-order chi connectivity index (χ0) is 4.78. The van der Waals surface area contributed by atoms with Gasteiger partial charge in [-0.3, -0.25) is 0 Å². The second-order valence-corrected chi connectivity index (χ2v) is 2.71. The van der Waals surface area contributed by atoms with E-state index in [2.05, 4.69) is 4.74 Å². The van der Waals surface area contributed by atoms with Crippen LogP contribution in [0.4, 0.5) is 0 Å². The molecule has 1 rings (SSSR count). The Hall–Kier alpha value is 0.830. The topological polar surface area (TPSA) is 12.5 Å². The summed E-state index contributed by atoms with van der Waals surface area (Å²) < 4.78 is 3.32. The van der Waals surface area contributed by atoms with Crippen LogP contribution in [0.15, 0.2) is 0 Å². The van der Waals surface area contributed by atoms with Gasteiger partial charge in [-0.1, -0.05) is 34.8 Å². The van der Waals surface area contributed by atoms with Crippen LogP contribution < -0.4 is 0 Å². The van der Waals surface area contributed by atoms with Crippen LogP contribution in [0.3, 0.4) is 0 Å². The lowest BCUT2D eigenvalue weighted by Crippen LogP contribution is -1.84. The van der Waals surface area contributed by atoms with Gasteiger partial charge in [0.1, 0.15) is 0 Å². The van der Waals surface area contributed by atoms with Crippen LogP contribution in [0.5, 0.6) is 0 Å². The summed E-state index contributed by atoms with van der Waals surface area (Å²) in [5, 5.41) is 0. The van der Waals surface area contributed by atoms with Gasteiger partial charge in [0.25, 0.3) is 4.52 Å². The fourth-order valence-corrected chi connectivity index (χ4v) is 0.514. The molecule has 0 amide bonds. The van der Waals surface area contributed by atoms with Gasteiger partial charge in [-0.25, -0.2) is 0 Å². The van der Waals surface area contributed by atoms with E-state index >= 15 is 0 Å². The second kappa shape index (κ2) is 1.16. The van der Waals surface area contributed by atoms with E-state index in [0.29, 0.717) is 0 Å². The Morgan fingerprint density at radius 3 is 1.67 bits per heavy atom. The van der Waals surface area contributed by atoms with Crippen molar-refractivity contribution in [2.24, 2.45) is 0 Å². The van der Waals surface area contributed by atoms with Crippen LogP contribution in [-0.4, -0.2) is 10.1 Å². The standard InChI is InChI=1S/C2HCl3O/c3-1-2(4,5)6-1/h1H/t1-/m1/s1. The van der Waals surface area contributed by atoms with E-state index in [1.165, 1.54) is 0 Å². The third kappa shape index (κ3) is 0.733. The molecule has 6 heavy (non-hydrogen) atoms. The molecule has 4 heteroatoms. The SMILES string of the molecule is Cl[C@@H]1OC1(Cl)Cl. The lowest BCUT2D eigenvalue weighted by Gasteiger charge is -1.76. The van der Waals surface area contributed by atoms with Crippen molar-refractivity contribution < 1.29 is 4.74 Å². The lowest BCUT2D eigenvalue weighted by molar-refractivity contribution is 0.424. The highest BCUT2D eigenvalue weighted by Crippen LogP contribution is 2.46. The summed E-state index contributed by atoms with van der Waals surface area (Å²) in [5.41, 5.74) is -0.499. The minimum Gasteiger partial charge on any atom is -0.318 e. The first-order chi connectivity index (χ1) is 2.63. The molecule has 0 bridgehead atoms. The fourth-order valence-electron chi connectivity index (χ4n) is 0.104. The van der Waals surface area contributed by atoms with E-state index in [1.54, 1.807) is 0 Å². The third-order valence-electron chi connectivity index (χ3n) is 0.468. The first kappa shape index (κ1) is 4.98. The van der Waals surface area contributed by atoms with Gasteiger partial charge < -0.3 is 4.74 Å². The Balaban J connectivity index is 2.41. The highest BCUT2D eigenvalue weighted by atomic mass is 35.5. The molecule has 0 aromatic heterocycles. The Kier molecular flexibility index (Phi) is 0.962. The Bertz CT molecular complexity index is 71.2. The van der Waals surface area contributed by atoms with E-state index in [9.17, 15) is 0 Å². The molecule has 1 atom stereocenters. The average molecular weight is 147 g/mol. The van der Waals surface area contributed by atoms with Gasteiger partial charge in [0.15, 0.2) is 5.56 Å². The van der Waals surface area contributed by atoms with Crippen molar-refractivity contribution in [2.45, 2.75) is 10.1 Å². The van der Waals surface area contributed by atoms with E-state index in [-0.39, 0.29) is 0 Å². The van der Waals surface area contributed by atoms with Crippen LogP contribution in [0.25, 0.3) is 0 Å². The quantitative estimate of drug-likeness (QED) is 0.375. The van der Waals surface area contributed by atoms with Crippen LogP contribution in [0.1, 0.15) is 0 Å². The van der Waals surface area contributed by atoms with Crippen molar-refractivity contribution in [1.29, 1.82) is 0 Å². The molecule has 0 unspecified atom stereocenters. The smallest absolute Gasteiger partial charge is 0.260 e. The first-order valence-corrected chi connectivity index (χ1v) is 2.52. The molecule has 1 saturated heterocycles. The molecule has 0 aliphatic carbocycles. The maximum atomic E-state index is 5.20. The number of hydrogen-bond acceptors (Lipinski definition) is 1. The molecule has 0 radical (unpaired) electrons. The number of hydrogen-bond donors (Lipinski definition) is 0. The molecular formula is C2HCl3O. The number of epoxide rings is 1. The molecule has 0 aromatic carbocycles. The van der Waals surface area contributed by atoms with E-state index in [0.717, 1.165) is 0 Å². The van der Waals surface area contributed by atoms with Crippen LogP contribution in [0, 0.1) is 0 Å². The van der Waals surface area contributed by atoms with Gasteiger partial charge in [0.05, 0.1) is 0 Å². The Morgan fingerprint density at radius 1 is 1.50 bits per heavy atom. The second-order valence-electron chi connectivity index (χ2n) is 0.996. The maximum Gasteiger partial charge on any atom is 0.260 e. The summed E-state index contributed by atoms with van der Waals surface area (Å²) >= 11 is 15.6. The summed E-state index contributed by atoms with van der Waals surface area (Å²) in [5.74, 6) is 0. The summed E-state index contributed by atoms with van der Waals surface area (Å²) in [4.78, 5) is 0. The normalized spacial score (nSPS) is 39.5. The molecule has 0 aromatic rings. The monoisotopic (exact) mass is 146 g/mol. The fraction of sp³-hybridized carbons (Fsp3) is 1.00. The minimum absolute atomic E-state index is 0.499. The van der Waals surface area contributed by atoms with Crippen LogP contribution in [-0.2, 0) is 4.74 Å². The van der Waals surface area contributed by atoms with Gasteiger partial charge in [0, 0.05) is 0 Å². The number of ether oxygens (including phenoxy) is 1. The van der Waals surface area contributed by atoms with Crippen molar-refractivity contribution in [3.8, 4) is 0 Å². The summed E-state index contributed by atoms with van der Waals surface area (Å²) in [6.07, 6.45) is 0. The van der Waals surface area contributed by atoms with E-state index in [1.807, 2.05) is 0 Å². The van der Waals surface area contributed by atoms with E-state index < -0.39 is 10.1 Å². The van der Waals surface area contributed by atoms with Gasteiger partial charge in [-0.05, 0) is 0 Å². The van der Waals surface area contributed by atoms with Crippen molar-refractivity contribution in [2.75, 3.05) is 0 Å². The zero-order valence-corrected chi connectivity index (χ0v) is 4.89. The maximum absolute atomic E-state index is 5.20. The molecule has 1 nitrogen and oxygen atoms in total. The highest BCUT2D eigenvalue weighted by molar-refractivity contribution is 6.53. The molecule has 0 saturated carbocycles. The molecule has 36 valence electrons. The molecule has 1 heterocycles. The molecule has 0 N–H and O–H groups in total. The number of alkyl halides is 3. The molecule has 1 aliphatic rings. The van der Waals surface area contributed by atoms with Crippen molar-refractivity contribution >= 4 is 34.8 Å². The van der Waals surface area contributed by atoms with Crippen LogP contribution in [0.2, 0.25) is 0 Å². The Morgan fingerprint density at radius 2 is 1.67 bits per heavy atom. The molecule has 1 aliphatic heterocycles.